The molecule has 0 saturated carbocycles. The molecule has 0 aromatic carbocycles. The van der Waals surface area contributed by atoms with Gasteiger partial charge in [0.15, 0.2) is 5.65 Å². The highest BCUT2D eigenvalue weighted by Crippen LogP contribution is 2.29. The first-order chi connectivity index (χ1) is 8.66. The van der Waals surface area contributed by atoms with Crippen LogP contribution in [0.2, 0.25) is 0 Å². The van der Waals surface area contributed by atoms with E-state index in [1.165, 1.54) is 18.8 Å². The third-order valence-electron chi connectivity index (χ3n) is 3.98. The summed E-state index contributed by atoms with van der Waals surface area (Å²) in [6.07, 6.45) is 3.04. The zero-order valence-corrected chi connectivity index (χ0v) is 11.3. The van der Waals surface area contributed by atoms with E-state index in [-0.39, 0.29) is 0 Å². The van der Waals surface area contributed by atoms with E-state index in [9.17, 15) is 0 Å². The number of aromatic nitrogens is 3. The average Bonchev–Trinajstić information content (AvgIpc) is 2.95. The van der Waals surface area contributed by atoms with E-state index in [0.717, 1.165) is 17.7 Å². The van der Waals surface area contributed by atoms with E-state index in [4.69, 9.17) is 4.98 Å². The molecule has 1 fully saturated rings. The van der Waals surface area contributed by atoms with E-state index in [1.54, 1.807) is 0 Å². The number of fused-ring (bicyclic) bond motifs is 1. The Labute approximate surface area is 108 Å². The molecule has 0 N–H and O–H groups in total. The van der Waals surface area contributed by atoms with Crippen molar-refractivity contribution in [1.29, 1.82) is 0 Å². The summed E-state index contributed by atoms with van der Waals surface area (Å²) in [5.41, 5.74) is 2.01. The number of hydrogen-bond acceptors (Lipinski definition) is 3. The van der Waals surface area contributed by atoms with Crippen molar-refractivity contribution in [3.63, 3.8) is 0 Å². The van der Waals surface area contributed by atoms with E-state index >= 15 is 0 Å². The summed E-state index contributed by atoms with van der Waals surface area (Å²) in [6.45, 7) is 6.82. The predicted molar refractivity (Wildman–Crippen MR) is 72.6 cm³/mol. The van der Waals surface area contributed by atoms with Gasteiger partial charge < -0.3 is 9.47 Å². The first-order valence-electron chi connectivity index (χ1n) is 6.68. The average molecular weight is 244 g/mol. The Balaban J connectivity index is 1.93. The lowest BCUT2D eigenvalue weighted by Crippen LogP contribution is -2.28. The first kappa shape index (κ1) is 11.7. The zero-order valence-electron chi connectivity index (χ0n) is 11.3. The number of imidazole rings is 1. The van der Waals surface area contributed by atoms with Crippen LogP contribution in [0.5, 0.6) is 0 Å². The van der Waals surface area contributed by atoms with E-state index in [2.05, 4.69) is 35.3 Å². The zero-order chi connectivity index (χ0) is 12.7. The molecule has 0 radical (unpaired) electrons. The van der Waals surface area contributed by atoms with Gasteiger partial charge in [0.2, 0.25) is 0 Å². The number of aryl methyl sites for hydroxylation is 1. The molecule has 1 aliphatic heterocycles. The Hall–Kier alpha value is -1.42. The van der Waals surface area contributed by atoms with Gasteiger partial charge in [-0.2, -0.15) is 0 Å². The van der Waals surface area contributed by atoms with Crippen molar-refractivity contribution < 1.29 is 0 Å². The molecule has 0 spiro atoms. The summed E-state index contributed by atoms with van der Waals surface area (Å²) in [5.74, 6) is 1.73. The summed E-state index contributed by atoms with van der Waals surface area (Å²) in [7, 11) is 2.08. The van der Waals surface area contributed by atoms with Crippen LogP contribution in [0.4, 0.5) is 0 Å². The maximum Gasteiger partial charge on any atom is 0.159 e. The van der Waals surface area contributed by atoms with Crippen LogP contribution < -0.4 is 0 Å². The van der Waals surface area contributed by atoms with Gasteiger partial charge in [-0.15, -0.1) is 0 Å². The molecular weight excluding hydrogens is 224 g/mol. The van der Waals surface area contributed by atoms with Crippen molar-refractivity contribution in [1.82, 2.24) is 19.4 Å². The fourth-order valence-corrected chi connectivity index (χ4v) is 2.87. The predicted octanol–water partition coefficient (Wildman–Crippen LogP) is 2.17. The van der Waals surface area contributed by atoms with Crippen molar-refractivity contribution in [2.24, 2.45) is 7.05 Å². The van der Waals surface area contributed by atoms with Crippen LogP contribution in [0.15, 0.2) is 18.3 Å². The maximum atomic E-state index is 4.76. The molecule has 0 bridgehead atoms. The Bertz CT molecular complexity index is 558. The molecule has 1 unspecified atom stereocenters. The van der Waals surface area contributed by atoms with Crippen molar-refractivity contribution in [3.8, 4) is 0 Å². The SMILES string of the molecule is CC(C)N1CCC(c2nc3cccnc3n2C)C1. The van der Waals surface area contributed by atoms with Crippen molar-refractivity contribution in [3.05, 3.63) is 24.2 Å². The molecular formula is C14H20N4. The lowest BCUT2D eigenvalue weighted by atomic mass is 10.1. The van der Waals surface area contributed by atoms with Crippen molar-refractivity contribution in [2.45, 2.75) is 32.2 Å². The molecule has 96 valence electrons. The second-order valence-electron chi connectivity index (χ2n) is 5.45. The van der Waals surface area contributed by atoms with Crippen LogP contribution in [-0.2, 0) is 7.05 Å². The molecule has 1 atom stereocenters. The Kier molecular flexibility index (Phi) is 2.82. The van der Waals surface area contributed by atoms with E-state index in [0.29, 0.717) is 12.0 Å². The quantitative estimate of drug-likeness (QED) is 0.812. The minimum absolute atomic E-state index is 0.548. The molecule has 3 rings (SSSR count). The highest BCUT2D eigenvalue weighted by atomic mass is 15.2. The second kappa shape index (κ2) is 4.35. The smallest absolute Gasteiger partial charge is 0.159 e. The van der Waals surface area contributed by atoms with Gasteiger partial charge in [0, 0.05) is 31.7 Å². The van der Waals surface area contributed by atoms with Crippen LogP contribution in [-0.4, -0.2) is 38.6 Å². The van der Waals surface area contributed by atoms with Gasteiger partial charge in [0.1, 0.15) is 11.3 Å². The highest BCUT2D eigenvalue weighted by Gasteiger charge is 2.28. The summed E-state index contributed by atoms with van der Waals surface area (Å²) < 4.78 is 2.16. The third-order valence-corrected chi connectivity index (χ3v) is 3.98. The normalized spacial score (nSPS) is 21.2. The minimum Gasteiger partial charge on any atom is -0.316 e. The van der Waals surface area contributed by atoms with Crippen LogP contribution >= 0.6 is 0 Å². The molecule has 2 aromatic heterocycles. The summed E-state index contributed by atoms with van der Waals surface area (Å²) in [4.78, 5) is 11.7. The van der Waals surface area contributed by atoms with Crippen LogP contribution in [0.3, 0.4) is 0 Å². The summed E-state index contributed by atoms with van der Waals surface area (Å²) >= 11 is 0. The number of hydrogen-bond donors (Lipinski definition) is 0. The van der Waals surface area contributed by atoms with Gasteiger partial charge in [-0.25, -0.2) is 9.97 Å². The number of likely N-dealkylation sites (tertiary alicyclic amines) is 1. The van der Waals surface area contributed by atoms with Crippen LogP contribution in [0.25, 0.3) is 11.2 Å². The van der Waals surface area contributed by atoms with E-state index in [1.807, 2.05) is 18.3 Å². The minimum atomic E-state index is 0.548. The fraction of sp³-hybridized carbons (Fsp3) is 0.571. The fourth-order valence-electron chi connectivity index (χ4n) is 2.87. The molecule has 1 aliphatic rings. The van der Waals surface area contributed by atoms with Crippen molar-refractivity contribution >= 4 is 11.2 Å². The molecule has 0 amide bonds. The Morgan fingerprint density at radius 3 is 2.89 bits per heavy atom. The first-order valence-corrected chi connectivity index (χ1v) is 6.68. The van der Waals surface area contributed by atoms with Gasteiger partial charge >= 0.3 is 0 Å². The molecule has 0 aliphatic carbocycles. The largest absolute Gasteiger partial charge is 0.316 e. The molecule has 4 heteroatoms. The van der Waals surface area contributed by atoms with Crippen LogP contribution in [0.1, 0.15) is 32.0 Å². The van der Waals surface area contributed by atoms with Gasteiger partial charge in [-0.05, 0) is 38.9 Å². The van der Waals surface area contributed by atoms with Gasteiger partial charge in [0.05, 0.1) is 0 Å². The number of rotatable bonds is 2. The lowest BCUT2D eigenvalue weighted by Gasteiger charge is -2.20. The number of nitrogens with zero attached hydrogens (tertiary/aromatic N) is 4. The molecule has 3 heterocycles. The van der Waals surface area contributed by atoms with Gasteiger partial charge in [0.25, 0.3) is 0 Å². The van der Waals surface area contributed by atoms with E-state index < -0.39 is 0 Å². The molecule has 2 aromatic rings. The molecule has 1 saturated heterocycles. The van der Waals surface area contributed by atoms with Gasteiger partial charge in [-0.3, -0.25) is 0 Å². The summed E-state index contributed by atoms with van der Waals surface area (Å²) in [6, 6.07) is 4.62. The standard InChI is InChI=1S/C14H20N4/c1-10(2)18-8-6-11(9-18)13-16-12-5-4-7-15-14(12)17(13)3/h4-5,7,10-11H,6,8-9H2,1-3H3. The van der Waals surface area contributed by atoms with Crippen molar-refractivity contribution in [2.75, 3.05) is 13.1 Å². The topological polar surface area (TPSA) is 34.0 Å². The lowest BCUT2D eigenvalue weighted by molar-refractivity contribution is 0.271. The molecule has 4 nitrogen and oxygen atoms in total. The monoisotopic (exact) mass is 244 g/mol. The van der Waals surface area contributed by atoms with Crippen LogP contribution in [0, 0.1) is 0 Å². The highest BCUT2D eigenvalue weighted by molar-refractivity contribution is 5.71. The van der Waals surface area contributed by atoms with Gasteiger partial charge in [-0.1, -0.05) is 0 Å². The Morgan fingerprint density at radius 2 is 2.22 bits per heavy atom. The maximum absolute atomic E-state index is 4.76. The third kappa shape index (κ3) is 1.81. The molecule has 18 heavy (non-hydrogen) atoms. The Morgan fingerprint density at radius 1 is 1.39 bits per heavy atom. The number of pyridine rings is 1. The summed E-state index contributed by atoms with van der Waals surface area (Å²) in [5, 5.41) is 0. The second-order valence-corrected chi connectivity index (χ2v) is 5.45.